The number of benzene rings is 2. The first-order valence-corrected chi connectivity index (χ1v) is 9.74. The van der Waals surface area contributed by atoms with Crippen LogP contribution in [-0.2, 0) is 0 Å². The highest BCUT2D eigenvalue weighted by atomic mass is 35.5. The second kappa shape index (κ2) is 6.84. The van der Waals surface area contributed by atoms with E-state index in [0.717, 1.165) is 35.5 Å². The van der Waals surface area contributed by atoms with Crippen LogP contribution in [0.25, 0.3) is 16.6 Å². The molecule has 0 radical (unpaired) electrons. The Bertz CT molecular complexity index is 1180. The molecular weight excluding hydrogens is 372 g/mol. The summed E-state index contributed by atoms with van der Waals surface area (Å²) in [6.45, 7) is 2.82. The van der Waals surface area contributed by atoms with Gasteiger partial charge in [-0.25, -0.2) is 4.98 Å². The van der Waals surface area contributed by atoms with Gasteiger partial charge in [-0.3, -0.25) is 4.79 Å². The maximum absolute atomic E-state index is 12.8. The summed E-state index contributed by atoms with van der Waals surface area (Å²) in [5.41, 5.74) is 3.80. The van der Waals surface area contributed by atoms with Crippen molar-refractivity contribution in [1.82, 2.24) is 14.3 Å². The van der Waals surface area contributed by atoms with E-state index in [9.17, 15) is 4.79 Å². The molecule has 0 saturated carbocycles. The number of nitrogens with zero attached hydrogens (tertiary/aromatic N) is 4. The zero-order chi connectivity index (χ0) is 19.1. The lowest BCUT2D eigenvalue weighted by molar-refractivity contribution is 0.0746. The van der Waals surface area contributed by atoms with Crippen molar-refractivity contribution in [3.8, 4) is 0 Å². The van der Waals surface area contributed by atoms with Crippen molar-refractivity contribution in [2.45, 2.75) is 0 Å². The van der Waals surface area contributed by atoms with Gasteiger partial charge in [0.1, 0.15) is 0 Å². The minimum Gasteiger partial charge on any atom is -0.351 e. The predicted molar refractivity (Wildman–Crippen MR) is 112 cm³/mol. The number of amides is 1. The maximum atomic E-state index is 12.8. The molecule has 1 fully saturated rings. The average molecular weight is 391 g/mol. The number of fused-ring (bicyclic) bond motifs is 3. The molecule has 0 spiro atoms. The summed E-state index contributed by atoms with van der Waals surface area (Å²) in [6, 6.07) is 19.4. The summed E-state index contributed by atoms with van der Waals surface area (Å²) in [4.78, 5) is 21.8. The summed E-state index contributed by atoms with van der Waals surface area (Å²) in [7, 11) is 0. The minimum absolute atomic E-state index is 0.0291. The molecule has 5 nitrogen and oxygen atoms in total. The second-order valence-electron chi connectivity index (χ2n) is 6.98. The van der Waals surface area contributed by atoms with Gasteiger partial charge in [0, 0.05) is 43.0 Å². The summed E-state index contributed by atoms with van der Waals surface area (Å²) in [5, 5.41) is 0.584. The van der Waals surface area contributed by atoms with E-state index < -0.39 is 0 Å². The normalized spacial score (nSPS) is 14.8. The Hall–Kier alpha value is -3.05. The fraction of sp³-hybridized carbons (Fsp3) is 0.182. The Labute approximate surface area is 167 Å². The number of rotatable bonds is 2. The molecular formula is C22H19ClN4O. The molecule has 0 N–H and O–H groups in total. The van der Waals surface area contributed by atoms with Gasteiger partial charge in [0.15, 0.2) is 5.82 Å². The van der Waals surface area contributed by atoms with Gasteiger partial charge in [0.2, 0.25) is 0 Å². The first-order chi connectivity index (χ1) is 13.7. The van der Waals surface area contributed by atoms with Crippen LogP contribution in [0.4, 0.5) is 5.82 Å². The molecule has 4 aromatic rings. The SMILES string of the molecule is O=C(c1cccc(Cl)c1)N1CCN(c2nc3ccccc3n3cccc23)CC1. The lowest BCUT2D eigenvalue weighted by Crippen LogP contribution is -2.49. The third-order valence-electron chi connectivity index (χ3n) is 5.28. The fourth-order valence-electron chi connectivity index (χ4n) is 3.87. The molecule has 3 heterocycles. The van der Waals surface area contributed by atoms with E-state index in [1.807, 2.05) is 41.3 Å². The molecule has 2 aromatic heterocycles. The van der Waals surface area contributed by atoms with Crippen LogP contribution in [0, 0.1) is 0 Å². The Balaban J connectivity index is 1.41. The molecule has 1 saturated heterocycles. The van der Waals surface area contributed by atoms with E-state index in [0.29, 0.717) is 23.7 Å². The van der Waals surface area contributed by atoms with Gasteiger partial charge in [-0.15, -0.1) is 0 Å². The van der Waals surface area contributed by atoms with Gasteiger partial charge >= 0.3 is 0 Å². The Morgan fingerprint density at radius 3 is 2.50 bits per heavy atom. The predicted octanol–water partition coefficient (Wildman–Crippen LogP) is 4.10. The quantitative estimate of drug-likeness (QED) is 0.517. The van der Waals surface area contributed by atoms with E-state index in [-0.39, 0.29) is 5.91 Å². The minimum atomic E-state index is 0.0291. The van der Waals surface area contributed by atoms with Crippen molar-refractivity contribution < 1.29 is 4.79 Å². The van der Waals surface area contributed by atoms with Crippen LogP contribution < -0.4 is 4.90 Å². The number of hydrogen-bond acceptors (Lipinski definition) is 3. The topological polar surface area (TPSA) is 40.9 Å². The number of halogens is 1. The first kappa shape index (κ1) is 17.1. The number of piperazine rings is 1. The lowest BCUT2D eigenvalue weighted by atomic mass is 10.2. The Kier molecular flexibility index (Phi) is 4.17. The van der Waals surface area contributed by atoms with E-state index in [2.05, 4.69) is 27.6 Å². The first-order valence-electron chi connectivity index (χ1n) is 9.36. The van der Waals surface area contributed by atoms with Crippen molar-refractivity contribution in [3.05, 3.63) is 77.4 Å². The Morgan fingerprint density at radius 1 is 0.893 bits per heavy atom. The highest BCUT2D eigenvalue weighted by Crippen LogP contribution is 2.26. The van der Waals surface area contributed by atoms with Gasteiger partial charge in [-0.2, -0.15) is 0 Å². The van der Waals surface area contributed by atoms with Gasteiger partial charge in [-0.05, 0) is 42.5 Å². The van der Waals surface area contributed by atoms with Crippen LogP contribution in [0.15, 0.2) is 66.9 Å². The highest BCUT2D eigenvalue weighted by Gasteiger charge is 2.24. The molecule has 0 unspecified atom stereocenters. The van der Waals surface area contributed by atoms with Crippen LogP contribution in [0.3, 0.4) is 0 Å². The molecule has 0 aliphatic carbocycles. The molecule has 0 atom stereocenters. The van der Waals surface area contributed by atoms with Crippen molar-refractivity contribution in [2.75, 3.05) is 31.1 Å². The number of anilines is 1. The van der Waals surface area contributed by atoms with E-state index in [4.69, 9.17) is 16.6 Å². The number of para-hydroxylation sites is 2. The molecule has 2 aromatic carbocycles. The summed E-state index contributed by atoms with van der Waals surface area (Å²) < 4.78 is 2.18. The van der Waals surface area contributed by atoms with Crippen LogP contribution >= 0.6 is 11.6 Å². The van der Waals surface area contributed by atoms with E-state index >= 15 is 0 Å². The molecule has 6 heteroatoms. The van der Waals surface area contributed by atoms with Crippen molar-refractivity contribution in [1.29, 1.82) is 0 Å². The maximum Gasteiger partial charge on any atom is 0.254 e. The number of carbonyl (C=O) groups excluding carboxylic acids is 1. The third-order valence-corrected chi connectivity index (χ3v) is 5.52. The molecule has 1 aliphatic rings. The van der Waals surface area contributed by atoms with Crippen molar-refractivity contribution in [2.24, 2.45) is 0 Å². The van der Waals surface area contributed by atoms with Crippen molar-refractivity contribution >= 4 is 39.9 Å². The molecule has 0 bridgehead atoms. The van der Waals surface area contributed by atoms with Gasteiger partial charge in [-0.1, -0.05) is 29.8 Å². The zero-order valence-electron chi connectivity index (χ0n) is 15.3. The van der Waals surface area contributed by atoms with Gasteiger partial charge in [0.05, 0.1) is 16.6 Å². The number of aromatic nitrogens is 2. The molecule has 1 amide bonds. The van der Waals surface area contributed by atoms with Crippen LogP contribution in [0.1, 0.15) is 10.4 Å². The summed E-state index contributed by atoms with van der Waals surface area (Å²) in [5.74, 6) is 1.00. The number of hydrogen-bond donors (Lipinski definition) is 0. The van der Waals surface area contributed by atoms with Gasteiger partial charge in [0.25, 0.3) is 5.91 Å². The summed E-state index contributed by atoms with van der Waals surface area (Å²) >= 11 is 6.03. The van der Waals surface area contributed by atoms with Gasteiger partial charge < -0.3 is 14.2 Å². The molecule has 28 heavy (non-hydrogen) atoms. The molecule has 1 aliphatic heterocycles. The standard InChI is InChI=1S/C22H19ClN4O/c23-17-6-3-5-16(15-17)22(28)26-13-11-25(12-14-26)21-20-9-4-10-27(20)19-8-2-1-7-18(19)24-21/h1-10,15H,11-14H2. The largest absolute Gasteiger partial charge is 0.351 e. The summed E-state index contributed by atoms with van der Waals surface area (Å²) in [6.07, 6.45) is 2.07. The van der Waals surface area contributed by atoms with Crippen LogP contribution in [-0.4, -0.2) is 46.4 Å². The van der Waals surface area contributed by atoms with Crippen molar-refractivity contribution in [3.63, 3.8) is 0 Å². The van der Waals surface area contributed by atoms with E-state index in [1.54, 1.807) is 12.1 Å². The number of carbonyl (C=O) groups is 1. The van der Waals surface area contributed by atoms with Crippen LogP contribution in [0.2, 0.25) is 5.02 Å². The van der Waals surface area contributed by atoms with E-state index in [1.165, 1.54) is 0 Å². The zero-order valence-corrected chi connectivity index (χ0v) is 16.0. The highest BCUT2D eigenvalue weighted by molar-refractivity contribution is 6.30. The Morgan fingerprint density at radius 2 is 1.68 bits per heavy atom. The smallest absolute Gasteiger partial charge is 0.254 e. The third kappa shape index (κ3) is 2.88. The van der Waals surface area contributed by atoms with Crippen LogP contribution in [0.5, 0.6) is 0 Å². The molecule has 5 rings (SSSR count). The fourth-order valence-corrected chi connectivity index (χ4v) is 4.06. The monoisotopic (exact) mass is 390 g/mol. The second-order valence-corrected chi connectivity index (χ2v) is 7.41. The lowest BCUT2D eigenvalue weighted by Gasteiger charge is -2.36. The average Bonchev–Trinajstić information content (AvgIpc) is 3.23. The molecule has 140 valence electrons.